The van der Waals surface area contributed by atoms with Crippen LogP contribution in [0.5, 0.6) is 12.0 Å². The van der Waals surface area contributed by atoms with Gasteiger partial charge in [-0.2, -0.15) is 9.97 Å². The molecule has 0 aliphatic heterocycles. The molecule has 6 heteroatoms. The summed E-state index contributed by atoms with van der Waals surface area (Å²) in [7, 11) is 3.04. The highest BCUT2D eigenvalue weighted by Crippen LogP contribution is 2.28. The monoisotopic (exact) mass is 303 g/mol. The summed E-state index contributed by atoms with van der Waals surface area (Å²) in [5.74, 6) is 0.658. The van der Waals surface area contributed by atoms with Crippen molar-refractivity contribution in [3.8, 4) is 12.0 Å². The Morgan fingerprint density at radius 3 is 1.88 bits per heavy atom. The molecule has 0 aliphatic carbocycles. The summed E-state index contributed by atoms with van der Waals surface area (Å²) in [6.45, 7) is 6.46. The molecule has 5 nitrogen and oxygen atoms in total. The van der Waals surface area contributed by atoms with E-state index in [1.165, 1.54) is 14.2 Å². The molecule has 96 valence electrons. The van der Waals surface area contributed by atoms with Crippen LogP contribution in [-0.4, -0.2) is 34.0 Å². The number of alkyl halides is 1. The Kier molecular flexibility index (Phi) is 4.68. The van der Waals surface area contributed by atoms with Gasteiger partial charge in [0.15, 0.2) is 0 Å². The average molecular weight is 304 g/mol. The third-order valence-corrected chi connectivity index (χ3v) is 4.00. The first-order valence-corrected chi connectivity index (χ1v) is 6.25. The van der Waals surface area contributed by atoms with E-state index in [-0.39, 0.29) is 22.3 Å². The highest BCUT2D eigenvalue weighted by atomic mass is 79.9. The van der Waals surface area contributed by atoms with Gasteiger partial charge < -0.3 is 9.47 Å². The summed E-state index contributed by atoms with van der Waals surface area (Å²) in [4.78, 5) is 12.6. The van der Waals surface area contributed by atoms with E-state index in [1.807, 2.05) is 0 Å². The van der Waals surface area contributed by atoms with Crippen molar-refractivity contribution < 1.29 is 9.47 Å². The molecule has 0 N–H and O–H groups in total. The van der Waals surface area contributed by atoms with Gasteiger partial charge in [0, 0.05) is 11.2 Å². The van der Waals surface area contributed by atoms with E-state index in [4.69, 9.17) is 9.47 Å². The molecule has 0 saturated heterocycles. The number of hydrogen-bond donors (Lipinski definition) is 0. The van der Waals surface area contributed by atoms with Crippen LogP contribution >= 0.6 is 15.9 Å². The van der Waals surface area contributed by atoms with Crippen molar-refractivity contribution in [1.29, 1.82) is 0 Å². The molecule has 0 spiro atoms. The fraction of sp³-hybridized carbons (Fsp3) is 0.727. The lowest BCUT2D eigenvalue weighted by Gasteiger charge is -2.24. The van der Waals surface area contributed by atoms with E-state index in [0.29, 0.717) is 12.2 Å². The summed E-state index contributed by atoms with van der Waals surface area (Å²) >= 11 is 3.65. The third-order valence-electron chi connectivity index (χ3n) is 2.31. The molecule has 0 radical (unpaired) electrons. The molecule has 1 aromatic heterocycles. The molecular weight excluding hydrogens is 286 g/mol. The van der Waals surface area contributed by atoms with Crippen LogP contribution in [0.25, 0.3) is 0 Å². The van der Waals surface area contributed by atoms with Crippen molar-refractivity contribution in [2.45, 2.75) is 32.0 Å². The molecule has 1 heterocycles. The zero-order valence-corrected chi connectivity index (χ0v) is 12.4. The van der Waals surface area contributed by atoms with Crippen LogP contribution < -0.4 is 9.47 Å². The van der Waals surface area contributed by atoms with Crippen LogP contribution in [0.15, 0.2) is 0 Å². The van der Waals surface area contributed by atoms with Crippen molar-refractivity contribution in [3.05, 3.63) is 5.82 Å². The SMILES string of the molecule is COc1nc(CC(Br)C(C)(C)C)nc(OC)n1. The summed E-state index contributed by atoms with van der Waals surface area (Å²) in [6.07, 6.45) is 0.693. The second-order valence-corrected chi connectivity index (χ2v) is 5.87. The molecule has 1 atom stereocenters. The minimum absolute atomic E-state index is 0.132. The molecule has 0 amide bonds. The van der Waals surface area contributed by atoms with E-state index >= 15 is 0 Å². The van der Waals surface area contributed by atoms with Gasteiger partial charge in [-0.3, -0.25) is 0 Å². The number of halogens is 1. The summed E-state index contributed by atoms with van der Waals surface area (Å²) in [5, 5.41) is 0. The lowest BCUT2D eigenvalue weighted by atomic mass is 9.90. The van der Waals surface area contributed by atoms with Gasteiger partial charge in [-0.15, -0.1) is 4.98 Å². The van der Waals surface area contributed by atoms with Crippen molar-refractivity contribution >= 4 is 15.9 Å². The fourth-order valence-electron chi connectivity index (χ4n) is 1.12. The zero-order valence-electron chi connectivity index (χ0n) is 10.8. The Bertz CT molecular complexity index is 357. The van der Waals surface area contributed by atoms with Crippen LogP contribution in [0.3, 0.4) is 0 Å². The number of aromatic nitrogens is 3. The van der Waals surface area contributed by atoms with E-state index in [9.17, 15) is 0 Å². The van der Waals surface area contributed by atoms with Gasteiger partial charge >= 0.3 is 12.0 Å². The predicted octanol–water partition coefficient (Wildman–Crippen LogP) is 2.24. The summed E-state index contributed by atoms with van der Waals surface area (Å²) in [5.41, 5.74) is 0.132. The molecule has 0 fully saturated rings. The molecular formula is C11H18BrN3O2. The van der Waals surface area contributed by atoms with E-state index in [1.54, 1.807) is 0 Å². The van der Waals surface area contributed by atoms with E-state index in [2.05, 4.69) is 51.7 Å². The summed E-state index contributed by atoms with van der Waals surface area (Å²) < 4.78 is 10.0. The topological polar surface area (TPSA) is 57.1 Å². The first-order chi connectivity index (χ1) is 7.86. The van der Waals surface area contributed by atoms with Gasteiger partial charge in [0.25, 0.3) is 0 Å². The smallest absolute Gasteiger partial charge is 0.322 e. The van der Waals surface area contributed by atoms with Crippen LogP contribution in [0, 0.1) is 5.41 Å². The molecule has 1 unspecified atom stereocenters. The predicted molar refractivity (Wildman–Crippen MR) is 68.8 cm³/mol. The van der Waals surface area contributed by atoms with Gasteiger partial charge in [-0.1, -0.05) is 36.7 Å². The minimum atomic E-state index is 0.132. The fourth-order valence-corrected chi connectivity index (χ4v) is 1.41. The van der Waals surface area contributed by atoms with Crippen LogP contribution in [-0.2, 0) is 6.42 Å². The molecule has 1 aromatic rings. The van der Waals surface area contributed by atoms with Crippen LogP contribution in [0.4, 0.5) is 0 Å². The van der Waals surface area contributed by atoms with Crippen molar-refractivity contribution in [2.24, 2.45) is 5.41 Å². The first kappa shape index (κ1) is 14.2. The van der Waals surface area contributed by atoms with E-state index in [0.717, 1.165) is 0 Å². The average Bonchev–Trinajstić information content (AvgIpc) is 2.27. The van der Waals surface area contributed by atoms with Gasteiger partial charge in [0.1, 0.15) is 5.82 Å². The highest BCUT2D eigenvalue weighted by Gasteiger charge is 2.23. The molecule has 0 aromatic carbocycles. The maximum Gasteiger partial charge on any atom is 0.322 e. The number of rotatable bonds is 4. The maximum absolute atomic E-state index is 5.01. The molecule has 0 bridgehead atoms. The Balaban J connectivity index is 2.90. The zero-order chi connectivity index (χ0) is 13.1. The number of ether oxygens (including phenoxy) is 2. The maximum atomic E-state index is 5.01. The Morgan fingerprint density at radius 2 is 1.53 bits per heavy atom. The number of nitrogens with zero attached hydrogens (tertiary/aromatic N) is 3. The second kappa shape index (κ2) is 5.62. The first-order valence-electron chi connectivity index (χ1n) is 5.34. The Labute approximate surface area is 110 Å². The van der Waals surface area contributed by atoms with Crippen molar-refractivity contribution in [1.82, 2.24) is 15.0 Å². The van der Waals surface area contributed by atoms with Crippen LogP contribution in [0.2, 0.25) is 0 Å². The van der Waals surface area contributed by atoms with Gasteiger partial charge in [0.05, 0.1) is 14.2 Å². The van der Waals surface area contributed by atoms with Crippen molar-refractivity contribution in [2.75, 3.05) is 14.2 Å². The normalized spacial score (nSPS) is 13.3. The van der Waals surface area contributed by atoms with Crippen molar-refractivity contribution in [3.63, 3.8) is 0 Å². The third kappa shape index (κ3) is 4.11. The largest absolute Gasteiger partial charge is 0.467 e. The quantitative estimate of drug-likeness (QED) is 0.799. The number of hydrogen-bond acceptors (Lipinski definition) is 5. The van der Waals surface area contributed by atoms with Gasteiger partial charge in [-0.25, -0.2) is 0 Å². The highest BCUT2D eigenvalue weighted by molar-refractivity contribution is 9.09. The molecule has 17 heavy (non-hydrogen) atoms. The Hall–Kier alpha value is -0.910. The Morgan fingerprint density at radius 1 is 1.06 bits per heavy atom. The van der Waals surface area contributed by atoms with Gasteiger partial charge in [-0.05, 0) is 5.41 Å². The standard InChI is InChI=1S/C11H18BrN3O2/c1-11(2,3)7(12)6-8-13-9(16-4)15-10(14-8)17-5/h7H,6H2,1-5H3. The van der Waals surface area contributed by atoms with E-state index < -0.39 is 0 Å². The molecule has 1 rings (SSSR count). The molecule has 0 saturated carbocycles. The lowest BCUT2D eigenvalue weighted by molar-refractivity contribution is 0.332. The summed E-state index contributed by atoms with van der Waals surface area (Å²) in [6, 6.07) is 0.556. The lowest BCUT2D eigenvalue weighted by Crippen LogP contribution is -2.23. The second-order valence-electron chi connectivity index (χ2n) is 4.76. The molecule has 0 aliphatic rings. The van der Waals surface area contributed by atoms with Gasteiger partial charge in [0.2, 0.25) is 0 Å². The minimum Gasteiger partial charge on any atom is -0.467 e. The number of methoxy groups -OCH3 is 2. The van der Waals surface area contributed by atoms with Crippen LogP contribution in [0.1, 0.15) is 26.6 Å².